The lowest BCUT2D eigenvalue weighted by atomic mass is 9.99. The van der Waals surface area contributed by atoms with Crippen LogP contribution >= 0.6 is 11.6 Å². The fraction of sp³-hybridized carbons (Fsp3) is 0.391. The average Bonchev–Trinajstić information content (AvgIpc) is 2.99. The number of imide groups is 1. The second-order valence-electron chi connectivity index (χ2n) is 9.54. The molecule has 1 aliphatic heterocycles. The van der Waals surface area contributed by atoms with Gasteiger partial charge in [-0.1, -0.05) is 25.4 Å². The van der Waals surface area contributed by atoms with Gasteiger partial charge in [0.2, 0.25) is 11.8 Å². The molecule has 178 valence electrons. The standard InChI is InChI=1S/C23H23ClN4O5S/c1-12-5-14(24)7-15(16(12)10-33-34(4,31)32)20-17-6-13(9-28(17)26-11-25-20)8-27-21(29)18-19(22(27)30)23(18,2)3/h5-7,9,11,18-19H,8,10H2,1-4H3. The van der Waals surface area contributed by atoms with E-state index in [0.29, 0.717) is 27.4 Å². The summed E-state index contributed by atoms with van der Waals surface area (Å²) < 4.78 is 29.9. The van der Waals surface area contributed by atoms with Gasteiger partial charge in [0.05, 0.1) is 42.5 Å². The van der Waals surface area contributed by atoms with Crippen molar-refractivity contribution in [3.8, 4) is 11.3 Å². The third-order valence-corrected chi connectivity index (χ3v) is 7.57. The first-order chi connectivity index (χ1) is 15.9. The van der Waals surface area contributed by atoms with Gasteiger partial charge in [0, 0.05) is 16.8 Å². The fourth-order valence-corrected chi connectivity index (χ4v) is 5.57. The number of fused-ring (bicyclic) bond motifs is 2. The Morgan fingerprint density at radius 2 is 1.82 bits per heavy atom. The summed E-state index contributed by atoms with van der Waals surface area (Å²) in [6.07, 6.45) is 4.12. The molecule has 11 heteroatoms. The molecule has 1 saturated heterocycles. The maximum absolute atomic E-state index is 12.7. The third kappa shape index (κ3) is 3.70. The Balaban J connectivity index is 1.52. The van der Waals surface area contributed by atoms with Gasteiger partial charge >= 0.3 is 0 Å². The number of hydrogen-bond donors (Lipinski definition) is 0. The van der Waals surface area contributed by atoms with Crippen molar-refractivity contribution in [2.24, 2.45) is 17.3 Å². The first-order valence-corrected chi connectivity index (χ1v) is 12.9. The van der Waals surface area contributed by atoms with E-state index in [-0.39, 0.29) is 42.2 Å². The van der Waals surface area contributed by atoms with Gasteiger partial charge in [-0.15, -0.1) is 0 Å². The van der Waals surface area contributed by atoms with E-state index >= 15 is 0 Å². The van der Waals surface area contributed by atoms with Crippen LogP contribution in [0.5, 0.6) is 0 Å². The third-order valence-electron chi connectivity index (χ3n) is 6.80. The molecule has 1 aliphatic carbocycles. The Morgan fingerprint density at radius 1 is 1.15 bits per heavy atom. The lowest BCUT2D eigenvalue weighted by Crippen LogP contribution is -2.35. The molecule has 3 heterocycles. The molecule has 5 rings (SSSR count). The van der Waals surface area contributed by atoms with E-state index in [9.17, 15) is 18.0 Å². The first-order valence-electron chi connectivity index (χ1n) is 10.7. The van der Waals surface area contributed by atoms with E-state index in [1.54, 1.807) is 22.8 Å². The van der Waals surface area contributed by atoms with Crippen molar-refractivity contribution in [2.75, 3.05) is 6.26 Å². The average molecular weight is 503 g/mol. The molecule has 2 fully saturated rings. The number of rotatable bonds is 6. The molecule has 1 aromatic carbocycles. The van der Waals surface area contributed by atoms with Crippen LogP contribution in [0.3, 0.4) is 0 Å². The van der Waals surface area contributed by atoms with Crippen LogP contribution in [0.25, 0.3) is 16.8 Å². The van der Waals surface area contributed by atoms with Crippen molar-refractivity contribution in [1.29, 1.82) is 0 Å². The minimum absolute atomic E-state index is 0.132. The Hall–Kier alpha value is -2.82. The summed E-state index contributed by atoms with van der Waals surface area (Å²) in [7, 11) is -3.66. The van der Waals surface area contributed by atoms with Crippen molar-refractivity contribution in [2.45, 2.75) is 33.9 Å². The minimum Gasteiger partial charge on any atom is -0.278 e. The van der Waals surface area contributed by atoms with E-state index in [1.807, 2.05) is 26.8 Å². The van der Waals surface area contributed by atoms with Crippen LogP contribution in [-0.4, -0.2) is 46.0 Å². The second-order valence-corrected chi connectivity index (χ2v) is 11.6. The highest BCUT2D eigenvalue weighted by atomic mass is 35.5. The van der Waals surface area contributed by atoms with E-state index in [4.69, 9.17) is 15.8 Å². The highest BCUT2D eigenvalue weighted by Gasteiger charge is 2.72. The molecule has 34 heavy (non-hydrogen) atoms. The fourth-order valence-electron chi connectivity index (χ4n) is 4.96. The van der Waals surface area contributed by atoms with Gasteiger partial charge in [-0.05, 0) is 47.2 Å². The number of hydrogen-bond acceptors (Lipinski definition) is 7. The van der Waals surface area contributed by atoms with Crippen molar-refractivity contribution >= 4 is 39.1 Å². The molecule has 2 unspecified atom stereocenters. The Kier molecular flexibility index (Phi) is 5.12. The highest BCUT2D eigenvalue weighted by Crippen LogP contribution is 2.63. The monoisotopic (exact) mass is 502 g/mol. The number of benzene rings is 1. The quantitative estimate of drug-likeness (QED) is 0.376. The summed E-state index contributed by atoms with van der Waals surface area (Å²) in [6, 6.07) is 5.25. The molecule has 0 spiro atoms. The molecule has 0 N–H and O–H groups in total. The molecule has 2 amide bonds. The maximum atomic E-state index is 12.7. The maximum Gasteiger partial charge on any atom is 0.264 e. The van der Waals surface area contributed by atoms with Crippen LogP contribution in [0.4, 0.5) is 0 Å². The zero-order chi connectivity index (χ0) is 24.6. The number of nitrogens with zero attached hydrogens (tertiary/aromatic N) is 4. The zero-order valence-corrected chi connectivity index (χ0v) is 20.6. The van der Waals surface area contributed by atoms with Crippen LogP contribution in [0.2, 0.25) is 5.02 Å². The Bertz CT molecular complexity index is 1460. The molecular formula is C23H23ClN4O5S. The number of amides is 2. The van der Waals surface area contributed by atoms with Gasteiger partial charge in [-0.3, -0.25) is 18.7 Å². The zero-order valence-electron chi connectivity index (χ0n) is 19.1. The number of likely N-dealkylation sites (tertiary alicyclic amines) is 1. The molecule has 9 nitrogen and oxygen atoms in total. The highest BCUT2D eigenvalue weighted by molar-refractivity contribution is 7.85. The molecule has 2 atom stereocenters. The summed E-state index contributed by atoms with van der Waals surface area (Å²) in [4.78, 5) is 31.2. The number of carbonyl (C=O) groups excluding carboxylic acids is 2. The number of aromatic nitrogens is 3. The normalized spacial score (nSPS) is 21.4. The molecule has 2 aromatic heterocycles. The number of piperidine rings is 1. The predicted molar refractivity (Wildman–Crippen MR) is 124 cm³/mol. The Morgan fingerprint density at radius 3 is 2.47 bits per heavy atom. The van der Waals surface area contributed by atoms with Crippen molar-refractivity contribution < 1.29 is 22.2 Å². The van der Waals surface area contributed by atoms with Crippen LogP contribution in [-0.2, 0) is 37.0 Å². The van der Waals surface area contributed by atoms with Crippen LogP contribution < -0.4 is 0 Å². The van der Waals surface area contributed by atoms with Gasteiger partial charge in [-0.25, -0.2) is 9.50 Å². The molecular weight excluding hydrogens is 480 g/mol. The van der Waals surface area contributed by atoms with E-state index in [1.165, 1.54) is 11.2 Å². The Labute approximate surface area is 201 Å². The smallest absolute Gasteiger partial charge is 0.264 e. The lowest BCUT2D eigenvalue weighted by molar-refractivity contribution is -0.143. The predicted octanol–water partition coefficient (Wildman–Crippen LogP) is 2.98. The van der Waals surface area contributed by atoms with Gasteiger partial charge in [0.25, 0.3) is 10.1 Å². The summed E-state index contributed by atoms with van der Waals surface area (Å²) in [6.45, 7) is 5.69. The minimum atomic E-state index is -3.66. The molecule has 3 aromatic rings. The molecule has 0 bridgehead atoms. The SMILES string of the molecule is Cc1cc(Cl)cc(-c2ncnn3cc(CN4C(=O)C5C(C4=O)C5(C)C)cc23)c1COS(C)(=O)=O. The van der Waals surface area contributed by atoms with Gasteiger partial charge in [0.1, 0.15) is 6.33 Å². The topological polar surface area (TPSA) is 111 Å². The number of halogens is 1. The van der Waals surface area contributed by atoms with Gasteiger partial charge < -0.3 is 0 Å². The van der Waals surface area contributed by atoms with Crippen molar-refractivity contribution in [3.05, 3.63) is 52.4 Å². The number of aryl methyl sites for hydroxylation is 1. The molecule has 0 radical (unpaired) electrons. The molecule has 1 saturated carbocycles. The van der Waals surface area contributed by atoms with Crippen LogP contribution in [0.15, 0.2) is 30.7 Å². The molecule has 2 aliphatic rings. The van der Waals surface area contributed by atoms with Crippen molar-refractivity contribution in [3.63, 3.8) is 0 Å². The largest absolute Gasteiger partial charge is 0.278 e. The summed E-state index contributed by atoms with van der Waals surface area (Å²) in [5, 5.41) is 4.73. The van der Waals surface area contributed by atoms with Gasteiger partial charge in [0.15, 0.2) is 0 Å². The first kappa shape index (κ1) is 22.9. The number of carbonyl (C=O) groups is 2. The lowest BCUT2D eigenvalue weighted by Gasteiger charge is -2.19. The van der Waals surface area contributed by atoms with E-state index in [0.717, 1.165) is 17.4 Å². The summed E-state index contributed by atoms with van der Waals surface area (Å²) >= 11 is 6.31. The second kappa shape index (κ2) is 7.59. The van der Waals surface area contributed by atoms with Crippen LogP contribution in [0.1, 0.15) is 30.5 Å². The van der Waals surface area contributed by atoms with Crippen LogP contribution in [0, 0.1) is 24.2 Å². The summed E-state index contributed by atoms with van der Waals surface area (Å²) in [5.41, 5.74) is 3.63. The van der Waals surface area contributed by atoms with E-state index < -0.39 is 10.1 Å². The summed E-state index contributed by atoms with van der Waals surface area (Å²) in [5.74, 6) is -0.738. The van der Waals surface area contributed by atoms with Gasteiger partial charge in [-0.2, -0.15) is 13.5 Å². The van der Waals surface area contributed by atoms with Crippen molar-refractivity contribution in [1.82, 2.24) is 19.5 Å². The van der Waals surface area contributed by atoms with E-state index in [2.05, 4.69) is 10.1 Å².